The minimum absolute atomic E-state index is 0.185. The zero-order chi connectivity index (χ0) is 23.7. The number of thiocarbonyl (C=S) groups is 1. The Hall–Kier alpha value is -3.33. The molecule has 1 amide bonds. The number of nitrogens with zero attached hydrogens (tertiary/aromatic N) is 1. The standard InChI is InChI=1S/C26H18BrN3O2S2/c1-32-22-13-16-7-3-2-6-15(16)12-19(22)24(31)30-26(33)29-20-11-10-17(27)14-18(20)25-28-21-8-4-5-9-23(21)34-25/h2-14H,1H3,(H2,29,30,31,33). The number of rotatable bonds is 4. The van der Waals surface area contributed by atoms with Gasteiger partial charge < -0.3 is 10.1 Å². The van der Waals surface area contributed by atoms with Crippen LogP contribution in [0.3, 0.4) is 0 Å². The van der Waals surface area contributed by atoms with E-state index in [1.165, 1.54) is 0 Å². The number of carbonyl (C=O) groups excluding carboxylic acids is 1. The number of thiazole rings is 1. The topological polar surface area (TPSA) is 63.2 Å². The third-order valence-corrected chi connectivity index (χ3v) is 7.06. The average molecular weight is 548 g/mol. The summed E-state index contributed by atoms with van der Waals surface area (Å²) in [6.45, 7) is 0. The summed E-state index contributed by atoms with van der Waals surface area (Å²) in [6.07, 6.45) is 0. The van der Waals surface area contributed by atoms with Crippen molar-refractivity contribution in [3.63, 3.8) is 0 Å². The van der Waals surface area contributed by atoms with Crippen molar-refractivity contribution >= 4 is 77.2 Å². The molecule has 5 nitrogen and oxygen atoms in total. The third kappa shape index (κ3) is 4.52. The van der Waals surface area contributed by atoms with E-state index in [1.807, 2.05) is 72.8 Å². The summed E-state index contributed by atoms with van der Waals surface area (Å²) in [5.74, 6) is 0.136. The quantitative estimate of drug-likeness (QED) is 0.237. The van der Waals surface area contributed by atoms with Crippen molar-refractivity contribution in [3.8, 4) is 16.3 Å². The Balaban J connectivity index is 1.41. The molecule has 0 saturated carbocycles. The summed E-state index contributed by atoms with van der Waals surface area (Å²) in [5, 5.41) is 8.91. The van der Waals surface area contributed by atoms with Crippen LogP contribution in [0.5, 0.6) is 5.75 Å². The van der Waals surface area contributed by atoms with E-state index in [2.05, 4.69) is 26.6 Å². The van der Waals surface area contributed by atoms with Crippen LogP contribution in [0.4, 0.5) is 5.69 Å². The van der Waals surface area contributed by atoms with E-state index in [4.69, 9.17) is 21.9 Å². The number of halogens is 1. The van der Waals surface area contributed by atoms with Crippen molar-refractivity contribution in [2.45, 2.75) is 0 Å². The van der Waals surface area contributed by atoms with Gasteiger partial charge in [0.25, 0.3) is 5.91 Å². The van der Waals surface area contributed by atoms with Crippen molar-refractivity contribution in [1.82, 2.24) is 10.3 Å². The minimum atomic E-state index is -0.348. The normalized spacial score (nSPS) is 10.9. The lowest BCUT2D eigenvalue weighted by molar-refractivity contribution is 0.0975. The van der Waals surface area contributed by atoms with Crippen molar-refractivity contribution < 1.29 is 9.53 Å². The maximum absolute atomic E-state index is 13.1. The molecule has 0 saturated heterocycles. The van der Waals surface area contributed by atoms with Crippen molar-refractivity contribution in [1.29, 1.82) is 0 Å². The van der Waals surface area contributed by atoms with E-state index >= 15 is 0 Å². The van der Waals surface area contributed by atoms with Gasteiger partial charge in [-0.1, -0.05) is 52.3 Å². The van der Waals surface area contributed by atoms with Crippen LogP contribution in [0.15, 0.2) is 83.3 Å². The molecule has 0 aliphatic rings. The van der Waals surface area contributed by atoms with Gasteiger partial charge in [-0.2, -0.15) is 0 Å². The largest absolute Gasteiger partial charge is 0.496 e. The predicted octanol–water partition coefficient (Wildman–Crippen LogP) is 7.01. The lowest BCUT2D eigenvalue weighted by Gasteiger charge is -2.14. The Morgan fingerprint density at radius 3 is 2.50 bits per heavy atom. The fourth-order valence-electron chi connectivity index (χ4n) is 3.68. The maximum atomic E-state index is 13.1. The van der Waals surface area contributed by atoms with Gasteiger partial charge in [-0.25, -0.2) is 4.98 Å². The van der Waals surface area contributed by atoms with Gasteiger partial charge >= 0.3 is 0 Å². The van der Waals surface area contributed by atoms with Gasteiger partial charge in [-0.05, 0) is 65.5 Å². The zero-order valence-electron chi connectivity index (χ0n) is 18.0. The Bertz CT molecular complexity index is 1530. The van der Waals surface area contributed by atoms with Gasteiger partial charge in [-0.3, -0.25) is 10.1 Å². The van der Waals surface area contributed by atoms with Crippen molar-refractivity contribution in [2.24, 2.45) is 0 Å². The number of carbonyl (C=O) groups is 1. The van der Waals surface area contributed by atoms with Gasteiger partial charge in [0.05, 0.1) is 28.6 Å². The minimum Gasteiger partial charge on any atom is -0.496 e. The SMILES string of the molecule is COc1cc2ccccc2cc1C(=O)NC(=S)Nc1ccc(Br)cc1-c1nc2ccccc2s1. The number of benzene rings is 4. The second-order valence-corrected chi connectivity index (χ2v) is 9.84. The van der Waals surface area contributed by atoms with Gasteiger partial charge in [0.15, 0.2) is 5.11 Å². The van der Waals surface area contributed by atoms with Crippen LogP contribution in [-0.4, -0.2) is 23.1 Å². The van der Waals surface area contributed by atoms with E-state index in [1.54, 1.807) is 24.5 Å². The number of hydrogen-bond acceptors (Lipinski definition) is 5. The smallest absolute Gasteiger partial charge is 0.261 e. The molecular formula is C26H18BrN3O2S2. The van der Waals surface area contributed by atoms with E-state index < -0.39 is 0 Å². The number of amides is 1. The number of nitrogens with one attached hydrogen (secondary N) is 2. The van der Waals surface area contributed by atoms with E-state index in [0.29, 0.717) is 11.3 Å². The molecule has 1 heterocycles. The molecule has 168 valence electrons. The number of aromatic nitrogens is 1. The summed E-state index contributed by atoms with van der Waals surface area (Å²) in [5.41, 5.74) is 2.98. The van der Waals surface area contributed by atoms with Crippen LogP contribution in [0, 0.1) is 0 Å². The average Bonchev–Trinajstić information content (AvgIpc) is 3.28. The molecule has 0 unspecified atom stereocenters. The van der Waals surface area contributed by atoms with Crippen LogP contribution in [-0.2, 0) is 0 Å². The first-order valence-electron chi connectivity index (χ1n) is 10.4. The summed E-state index contributed by atoms with van der Waals surface area (Å²) >= 11 is 10.6. The summed E-state index contributed by atoms with van der Waals surface area (Å²) < 4.78 is 7.48. The first-order chi connectivity index (χ1) is 16.5. The van der Waals surface area contributed by atoms with E-state index in [0.717, 1.165) is 41.7 Å². The highest BCUT2D eigenvalue weighted by atomic mass is 79.9. The highest BCUT2D eigenvalue weighted by Gasteiger charge is 2.17. The number of fused-ring (bicyclic) bond motifs is 2. The highest BCUT2D eigenvalue weighted by molar-refractivity contribution is 9.10. The maximum Gasteiger partial charge on any atom is 0.261 e. The Kier molecular flexibility index (Phi) is 6.28. The molecule has 34 heavy (non-hydrogen) atoms. The van der Waals surface area contributed by atoms with E-state index in [-0.39, 0.29) is 11.0 Å². The number of methoxy groups -OCH3 is 1. The second kappa shape index (κ2) is 9.50. The number of anilines is 1. The van der Waals surface area contributed by atoms with Gasteiger partial charge in [0.2, 0.25) is 0 Å². The highest BCUT2D eigenvalue weighted by Crippen LogP contribution is 2.36. The van der Waals surface area contributed by atoms with E-state index in [9.17, 15) is 4.79 Å². The van der Waals surface area contributed by atoms with Crippen LogP contribution >= 0.6 is 39.5 Å². The molecule has 0 aliphatic heterocycles. The number of para-hydroxylation sites is 1. The molecule has 8 heteroatoms. The molecule has 2 N–H and O–H groups in total. The Morgan fingerprint density at radius 1 is 1.00 bits per heavy atom. The zero-order valence-corrected chi connectivity index (χ0v) is 21.2. The fourth-order valence-corrected chi connectivity index (χ4v) is 5.24. The summed E-state index contributed by atoms with van der Waals surface area (Å²) in [7, 11) is 1.55. The molecule has 0 radical (unpaired) electrons. The third-order valence-electron chi connectivity index (χ3n) is 5.29. The fraction of sp³-hybridized carbons (Fsp3) is 0.0385. The van der Waals surface area contributed by atoms with Crippen molar-refractivity contribution in [2.75, 3.05) is 12.4 Å². The molecule has 0 bridgehead atoms. The second-order valence-electron chi connectivity index (χ2n) is 7.48. The van der Waals surface area contributed by atoms with Crippen LogP contribution < -0.4 is 15.4 Å². The van der Waals surface area contributed by atoms with Crippen LogP contribution in [0.1, 0.15) is 10.4 Å². The van der Waals surface area contributed by atoms with Gasteiger partial charge in [0.1, 0.15) is 10.8 Å². The lowest BCUT2D eigenvalue weighted by atomic mass is 10.1. The van der Waals surface area contributed by atoms with Crippen LogP contribution in [0.2, 0.25) is 0 Å². The predicted molar refractivity (Wildman–Crippen MR) is 147 cm³/mol. The molecule has 0 spiro atoms. The first-order valence-corrected chi connectivity index (χ1v) is 12.4. The monoisotopic (exact) mass is 547 g/mol. The molecular weight excluding hydrogens is 530 g/mol. The number of ether oxygens (including phenoxy) is 1. The molecule has 0 fully saturated rings. The molecule has 0 atom stereocenters. The molecule has 5 aromatic rings. The molecule has 1 aromatic heterocycles. The number of hydrogen-bond donors (Lipinski definition) is 2. The Morgan fingerprint density at radius 2 is 1.74 bits per heavy atom. The summed E-state index contributed by atoms with van der Waals surface area (Å²) in [6, 6.07) is 25.3. The molecule has 4 aromatic carbocycles. The van der Waals surface area contributed by atoms with Crippen LogP contribution in [0.25, 0.3) is 31.6 Å². The molecule has 5 rings (SSSR count). The van der Waals surface area contributed by atoms with Gasteiger partial charge in [0, 0.05) is 10.0 Å². The summed E-state index contributed by atoms with van der Waals surface area (Å²) in [4.78, 5) is 17.8. The molecule has 0 aliphatic carbocycles. The first kappa shape index (κ1) is 22.5. The lowest BCUT2D eigenvalue weighted by Crippen LogP contribution is -2.34. The Labute approximate surface area is 213 Å². The van der Waals surface area contributed by atoms with Gasteiger partial charge in [-0.15, -0.1) is 11.3 Å². The van der Waals surface area contributed by atoms with Crippen molar-refractivity contribution in [3.05, 3.63) is 88.9 Å².